The molecule has 0 bridgehead atoms. The summed E-state index contributed by atoms with van der Waals surface area (Å²) in [5, 5.41) is 2.66. The van der Waals surface area contributed by atoms with Gasteiger partial charge in [-0.3, -0.25) is 4.79 Å². The third-order valence-electron chi connectivity index (χ3n) is 4.59. The average Bonchev–Trinajstić information content (AvgIpc) is 2.75. The Hall–Kier alpha value is -2.47. The molecule has 0 aliphatic rings. The molecule has 176 valence electrons. The summed E-state index contributed by atoms with van der Waals surface area (Å²) in [6.07, 6.45) is 0. The molecule has 9 nitrogen and oxygen atoms in total. The van der Waals surface area contributed by atoms with Crippen molar-refractivity contribution in [1.82, 2.24) is 9.03 Å². The second-order valence-electron chi connectivity index (χ2n) is 6.66. The maximum atomic E-state index is 13.1. The van der Waals surface area contributed by atoms with Crippen LogP contribution >= 0.6 is 0 Å². The van der Waals surface area contributed by atoms with E-state index in [1.54, 1.807) is 33.8 Å². The summed E-state index contributed by atoms with van der Waals surface area (Å²) in [4.78, 5) is 12.7. The zero-order valence-corrected chi connectivity index (χ0v) is 20.2. The molecule has 0 spiro atoms. The fraction of sp³-hybridized carbons (Fsp3) is 0.381. The van der Waals surface area contributed by atoms with Crippen molar-refractivity contribution >= 4 is 31.6 Å². The van der Waals surface area contributed by atoms with Crippen molar-refractivity contribution in [2.24, 2.45) is 0 Å². The van der Waals surface area contributed by atoms with Crippen LogP contribution in [0.4, 0.5) is 5.69 Å². The lowest BCUT2D eigenvalue weighted by molar-refractivity contribution is 0.102. The summed E-state index contributed by atoms with van der Waals surface area (Å²) < 4.78 is 59.4. The van der Waals surface area contributed by atoms with Gasteiger partial charge in [0.1, 0.15) is 10.6 Å². The molecule has 0 atom stereocenters. The number of anilines is 1. The normalized spacial score (nSPS) is 12.0. The predicted molar refractivity (Wildman–Crippen MR) is 123 cm³/mol. The number of rotatable bonds is 11. The number of carbonyl (C=O) groups excluding carboxylic acids is 1. The summed E-state index contributed by atoms with van der Waals surface area (Å²) >= 11 is 0. The maximum Gasteiger partial charge on any atom is 0.255 e. The molecular weight excluding hydrogens is 454 g/mol. The molecule has 0 saturated heterocycles. The monoisotopic (exact) mass is 483 g/mol. The number of benzene rings is 2. The van der Waals surface area contributed by atoms with Crippen LogP contribution in [0, 0.1) is 0 Å². The quantitative estimate of drug-likeness (QED) is 0.507. The van der Waals surface area contributed by atoms with E-state index >= 15 is 0 Å². The average molecular weight is 484 g/mol. The highest BCUT2D eigenvalue weighted by Crippen LogP contribution is 2.30. The molecule has 32 heavy (non-hydrogen) atoms. The molecule has 0 radical (unpaired) electrons. The third-order valence-corrected chi connectivity index (χ3v) is 8.22. The highest BCUT2D eigenvalue weighted by molar-refractivity contribution is 7.89. The molecule has 2 N–H and O–H groups in total. The number of hydrogen-bond donors (Lipinski definition) is 2. The van der Waals surface area contributed by atoms with Crippen LogP contribution < -0.4 is 14.8 Å². The number of ether oxygens (including phenoxy) is 1. The number of carbonyl (C=O) groups is 1. The van der Waals surface area contributed by atoms with Gasteiger partial charge in [-0.2, -0.15) is 4.31 Å². The summed E-state index contributed by atoms with van der Waals surface area (Å²) in [5.74, 6) is -0.303. The predicted octanol–water partition coefficient (Wildman–Crippen LogP) is 2.67. The lowest BCUT2D eigenvalue weighted by Gasteiger charge is -2.21. The van der Waals surface area contributed by atoms with Gasteiger partial charge in [-0.05, 0) is 49.4 Å². The van der Waals surface area contributed by atoms with E-state index < -0.39 is 26.0 Å². The molecule has 0 heterocycles. The summed E-state index contributed by atoms with van der Waals surface area (Å²) in [7, 11) is -7.45. The van der Waals surface area contributed by atoms with Gasteiger partial charge < -0.3 is 10.1 Å². The zero-order valence-electron chi connectivity index (χ0n) is 18.6. The second kappa shape index (κ2) is 10.9. The van der Waals surface area contributed by atoms with Gasteiger partial charge in [0.25, 0.3) is 5.91 Å². The van der Waals surface area contributed by atoms with Crippen molar-refractivity contribution in [2.75, 3.05) is 31.6 Å². The molecular formula is C21H29N3O6S2. The van der Waals surface area contributed by atoms with E-state index in [0.717, 1.165) is 0 Å². The van der Waals surface area contributed by atoms with Gasteiger partial charge in [-0.1, -0.05) is 20.8 Å². The Labute approximate surface area is 189 Å². The third kappa shape index (κ3) is 5.85. The van der Waals surface area contributed by atoms with Crippen LogP contribution in [-0.4, -0.2) is 53.3 Å². The van der Waals surface area contributed by atoms with Crippen LogP contribution in [-0.2, 0) is 20.0 Å². The fourth-order valence-electron chi connectivity index (χ4n) is 3.03. The molecule has 0 fully saturated rings. The Balaban J connectivity index is 2.34. The van der Waals surface area contributed by atoms with E-state index in [0.29, 0.717) is 13.1 Å². The van der Waals surface area contributed by atoms with Gasteiger partial charge in [0.15, 0.2) is 0 Å². The van der Waals surface area contributed by atoms with Crippen molar-refractivity contribution in [3.8, 4) is 5.75 Å². The number of nitrogens with zero attached hydrogens (tertiary/aromatic N) is 1. The maximum absolute atomic E-state index is 13.1. The van der Waals surface area contributed by atoms with Crippen LogP contribution in [0.2, 0.25) is 0 Å². The van der Waals surface area contributed by atoms with Crippen LogP contribution in [0.3, 0.4) is 0 Å². The van der Waals surface area contributed by atoms with Crippen LogP contribution in [0.25, 0.3) is 0 Å². The summed E-state index contributed by atoms with van der Waals surface area (Å²) in [6.45, 7) is 8.04. The van der Waals surface area contributed by atoms with E-state index in [1.165, 1.54) is 40.7 Å². The molecule has 11 heteroatoms. The highest BCUT2D eigenvalue weighted by Gasteiger charge is 2.26. The molecule has 0 aliphatic heterocycles. The summed E-state index contributed by atoms with van der Waals surface area (Å²) in [5.41, 5.74) is 0.496. The van der Waals surface area contributed by atoms with Crippen molar-refractivity contribution < 1.29 is 26.4 Å². The largest absolute Gasteiger partial charge is 0.492 e. The van der Waals surface area contributed by atoms with Crippen molar-refractivity contribution in [2.45, 2.75) is 37.5 Å². The first kappa shape index (κ1) is 25.8. The first-order valence-electron chi connectivity index (χ1n) is 10.3. The van der Waals surface area contributed by atoms with E-state index in [9.17, 15) is 21.6 Å². The molecule has 0 aromatic heterocycles. The minimum atomic E-state index is -3.82. The molecule has 0 aliphatic carbocycles. The Kier molecular flexibility index (Phi) is 8.79. The lowest BCUT2D eigenvalue weighted by atomic mass is 10.2. The van der Waals surface area contributed by atoms with Gasteiger partial charge in [0.05, 0.1) is 11.5 Å². The standard InChI is InChI=1S/C21H29N3O6S2/c1-5-22-31(26,27)18-12-9-16(10-13-18)21(25)23-17-11-14-19(30-8-4)20(15-17)32(28,29)24(6-2)7-3/h9-15,22H,5-8H2,1-4H3,(H,23,25). The molecule has 2 aromatic carbocycles. The Bertz CT molecular complexity index is 1140. The second-order valence-corrected chi connectivity index (χ2v) is 10.3. The van der Waals surface area contributed by atoms with Crippen molar-refractivity contribution in [3.05, 3.63) is 48.0 Å². The van der Waals surface area contributed by atoms with E-state index in [1.807, 2.05) is 0 Å². The fourth-order valence-corrected chi connectivity index (χ4v) is 5.68. The van der Waals surface area contributed by atoms with Gasteiger partial charge in [-0.15, -0.1) is 0 Å². The van der Waals surface area contributed by atoms with E-state index in [-0.39, 0.29) is 39.9 Å². The Morgan fingerprint density at radius 3 is 2.09 bits per heavy atom. The molecule has 0 saturated carbocycles. The van der Waals surface area contributed by atoms with Crippen molar-refractivity contribution in [1.29, 1.82) is 0 Å². The highest BCUT2D eigenvalue weighted by atomic mass is 32.2. The van der Waals surface area contributed by atoms with Gasteiger partial charge in [-0.25, -0.2) is 21.6 Å². The number of amides is 1. The number of sulfonamides is 2. The molecule has 0 unspecified atom stereocenters. The SMILES string of the molecule is CCNS(=O)(=O)c1ccc(C(=O)Nc2ccc(OCC)c(S(=O)(=O)N(CC)CC)c2)cc1. The smallest absolute Gasteiger partial charge is 0.255 e. The minimum Gasteiger partial charge on any atom is -0.492 e. The Morgan fingerprint density at radius 1 is 0.938 bits per heavy atom. The van der Waals surface area contributed by atoms with Gasteiger partial charge in [0.2, 0.25) is 20.0 Å². The number of nitrogens with one attached hydrogen (secondary N) is 2. The minimum absolute atomic E-state index is 0.0343. The summed E-state index contributed by atoms with van der Waals surface area (Å²) in [6, 6.07) is 9.86. The number of hydrogen-bond acceptors (Lipinski definition) is 6. The first-order chi connectivity index (χ1) is 15.1. The van der Waals surface area contributed by atoms with Crippen molar-refractivity contribution in [3.63, 3.8) is 0 Å². The van der Waals surface area contributed by atoms with Crippen LogP contribution in [0.5, 0.6) is 5.75 Å². The van der Waals surface area contributed by atoms with Gasteiger partial charge >= 0.3 is 0 Å². The van der Waals surface area contributed by atoms with Crippen LogP contribution in [0.1, 0.15) is 38.1 Å². The molecule has 2 rings (SSSR count). The van der Waals surface area contributed by atoms with E-state index in [4.69, 9.17) is 4.74 Å². The zero-order chi connectivity index (χ0) is 23.9. The molecule has 2 aromatic rings. The molecule has 1 amide bonds. The topological polar surface area (TPSA) is 122 Å². The van der Waals surface area contributed by atoms with Gasteiger partial charge in [0, 0.05) is 30.9 Å². The Morgan fingerprint density at radius 2 is 1.56 bits per heavy atom. The first-order valence-corrected chi connectivity index (χ1v) is 13.2. The van der Waals surface area contributed by atoms with E-state index in [2.05, 4.69) is 10.0 Å². The lowest BCUT2D eigenvalue weighted by Crippen LogP contribution is -2.31. The van der Waals surface area contributed by atoms with Crippen LogP contribution in [0.15, 0.2) is 52.3 Å².